The number of benzene rings is 1. The van der Waals surface area contributed by atoms with Crippen molar-refractivity contribution >= 4 is 17.3 Å². The molecule has 2 N–H and O–H groups in total. The number of nitrogens with one attached hydrogen (secondary N) is 2. The number of halogens is 2. The molecule has 0 fully saturated rings. The van der Waals surface area contributed by atoms with E-state index in [0.29, 0.717) is 18.4 Å². The van der Waals surface area contributed by atoms with Gasteiger partial charge in [-0.25, -0.2) is 0 Å². The largest absolute Gasteiger partial charge is 0.493 e. The van der Waals surface area contributed by atoms with Crippen LogP contribution in [0.5, 0.6) is 11.5 Å². The highest BCUT2D eigenvalue weighted by Crippen LogP contribution is 2.29. The molecule has 1 atom stereocenters. The van der Waals surface area contributed by atoms with Crippen LogP contribution in [0.15, 0.2) is 40.7 Å². The number of ether oxygens (including phenoxy) is 2. The van der Waals surface area contributed by atoms with E-state index in [4.69, 9.17) is 4.74 Å². The molecule has 2 rings (SSSR count). The molecule has 142 valence electrons. The molecule has 0 aliphatic carbocycles. The number of aliphatic imine (C=N–C) groups is 1. The Balaban J connectivity index is 1.91. The van der Waals surface area contributed by atoms with Gasteiger partial charge >= 0.3 is 6.61 Å². The minimum absolute atomic E-state index is 0.0102. The summed E-state index contributed by atoms with van der Waals surface area (Å²) >= 11 is 1.72. The Morgan fingerprint density at radius 2 is 2.04 bits per heavy atom. The van der Waals surface area contributed by atoms with E-state index in [0.717, 1.165) is 12.1 Å². The minimum Gasteiger partial charge on any atom is -0.493 e. The highest BCUT2D eigenvalue weighted by Gasteiger charge is 2.12. The number of alkyl halides is 2. The van der Waals surface area contributed by atoms with Gasteiger partial charge in [-0.2, -0.15) is 8.78 Å². The van der Waals surface area contributed by atoms with Gasteiger partial charge in [-0.3, -0.25) is 4.99 Å². The van der Waals surface area contributed by atoms with Crippen molar-refractivity contribution in [3.05, 3.63) is 46.2 Å². The molecule has 0 radical (unpaired) electrons. The van der Waals surface area contributed by atoms with Gasteiger partial charge < -0.3 is 20.1 Å². The van der Waals surface area contributed by atoms with E-state index in [1.165, 1.54) is 18.1 Å². The number of hydrogen-bond acceptors (Lipinski definition) is 4. The molecule has 1 aromatic carbocycles. The topological polar surface area (TPSA) is 54.9 Å². The van der Waals surface area contributed by atoms with Crippen LogP contribution in [-0.2, 0) is 6.54 Å². The molecule has 5 nitrogen and oxygen atoms in total. The Morgan fingerprint density at radius 3 is 2.65 bits per heavy atom. The van der Waals surface area contributed by atoms with Crippen molar-refractivity contribution in [3.63, 3.8) is 0 Å². The summed E-state index contributed by atoms with van der Waals surface area (Å²) in [5.41, 5.74) is 0.774. The number of guanidine groups is 1. The molecular weight excluding hydrogens is 360 g/mol. The molecule has 0 saturated carbocycles. The smallest absolute Gasteiger partial charge is 0.387 e. The summed E-state index contributed by atoms with van der Waals surface area (Å²) in [7, 11) is 3.09. The first-order chi connectivity index (χ1) is 12.5. The van der Waals surface area contributed by atoms with Gasteiger partial charge in [0.2, 0.25) is 0 Å². The number of hydrogen-bond donors (Lipinski definition) is 2. The van der Waals surface area contributed by atoms with Crippen molar-refractivity contribution < 1.29 is 18.3 Å². The van der Waals surface area contributed by atoms with Gasteiger partial charge in [-0.05, 0) is 29.1 Å². The van der Waals surface area contributed by atoms with E-state index >= 15 is 0 Å². The van der Waals surface area contributed by atoms with Gasteiger partial charge in [0.1, 0.15) is 0 Å². The second-order valence-electron chi connectivity index (χ2n) is 5.59. The van der Waals surface area contributed by atoms with Gasteiger partial charge in [0.15, 0.2) is 17.5 Å². The van der Waals surface area contributed by atoms with Gasteiger partial charge in [0.25, 0.3) is 0 Å². The Bertz CT molecular complexity index is 708. The van der Waals surface area contributed by atoms with Crippen LogP contribution in [0, 0.1) is 0 Å². The van der Waals surface area contributed by atoms with Crippen molar-refractivity contribution in [2.24, 2.45) is 4.99 Å². The zero-order valence-electron chi connectivity index (χ0n) is 15.0. The van der Waals surface area contributed by atoms with Gasteiger partial charge in [-0.1, -0.05) is 19.1 Å². The monoisotopic (exact) mass is 383 g/mol. The van der Waals surface area contributed by atoms with Crippen LogP contribution in [0.1, 0.15) is 23.3 Å². The van der Waals surface area contributed by atoms with Crippen LogP contribution in [0.3, 0.4) is 0 Å². The van der Waals surface area contributed by atoms with Crippen molar-refractivity contribution in [1.82, 2.24) is 10.6 Å². The molecule has 1 unspecified atom stereocenters. The first-order valence-corrected chi connectivity index (χ1v) is 9.01. The standard InChI is InChI=1S/C18H23F2N3O2S/c1-12(16-5-4-8-26-16)10-22-18(21-2)23-11-13-6-7-14(24-3)15(9-13)25-17(19)20/h4-9,12,17H,10-11H2,1-3H3,(H2,21,22,23). The SMILES string of the molecule is CN=C(NCc1ccc(OC)c(OC(F)F)c1)NCC(C)c1cccs1. The molecule has 0 aliphatic heterocycles. The summed E-state index contributed by atoms with van der Waals surface area (Å²) in [4.78, 5) is 5.49. The van der Waals surface area contributed by atoms with Crippen molar-refractivity contribution in [2.45, 2.75) is 26.0 Å². The van der Waals surface area contributed by atoms with Crippen LogP contribution in [0.4, 0.5) is 8.78 Å². The Morgan fingerprint density at radius 1 is 1.23 bits per heavy atom. The molecule has 8 heteroatoms. The summed E-state index contributed by atoms with van der Waals surface area (Å²) in [6.45, 7) is 0.392. The quantitative estimate of drug-likeness (QED) is 0.537. The predicted molar refractivity (Wildman–Crippen MR) is 101 cm³/mol. The van der Waals surface area contributed by atoms with Crippen LogP contribution in [0.25, 0.3) is 0 Å². The Kier molecular flexibility index (Phi) is 7.65. The second-order valence-corrected chi connectivity index (χ2v) is 6.57. The maximum atomic E-state index is 12.5. The maximum absolute atomic E-state index is 12.5. The van der Waals surface area contributed by atoms with E-state index in [-0.39, 0.29) is 11.5 Å². The van der Waals surface area contributed by atoms with Gasteiger partial charge in [0.05, 0.1) is 7.11 Å². The Hall–Kier alpha value is -2.35. The van der Waals surface area contributed by atoms with Gasteiger partial charge in [-0.15, -0.1) is 11.3 Å². The molecule has 1 aromatic heterocycles. The third-order valence-corrected chi connectivity index (χ3v) is 4.84. The number of methoxy groups -OCH3 is 1. The van der Waals surface area contributed by atoms with Crippen LogP contribution >= 0.6 is 11.3 Å². The third kappa shape index (κ3) is 5.87. The molecule has 26 heavy (non-hydrogen) atoms. The fourth-order valence-electron chi connectivity index (χ4n) is 2.35. The maximum Gasteiger partial charge on any atom is 0.387 e. The van der Waals surface area contributed by atoms with Crippen LogP contribution < -0.4 is 20.1 Å². The summed E-state index contributed by atoms with van der Waals surface area (Å²) in [5.74, 6) is 1.28. The average molecular weight is 383 g/mol. The van der Waals surface area contributed by atoms with Crippen molar-refractivity contribution in [2.75, 3.05) is 20.7 Å². The molecule has 2 aromatic rings. The van der Waals surface area contributed by atoms with E-state index in [9.17, 15) is 8.78 Å². The lowest BCUT2D eigenvalue weighted by atomic mass is 10.1. The minimum atomic E-state index is -2.90. The third-order valence-electron chi connectivity index (χ3n) is 3.73. The summed E-state index contributed by atoms with van der Waals surface area (Å²) < 4.78 is 34.6. The number of thiophene rings is 1. The second kappa shape index (κ2) is 9.96. The molecule has 0 saturated heterocycles. The fourth-order valence-corrected chi connectivity index (χ4v) is 3.13. The van der Waals surface area contributed by atoms with E-state index in [2.05, 4.69) is 38.7 Å². The van der Waals surface area contributed by atoms with Crippen LogP contribution in [0.2, 0.25) is 0 Å². The molecule has 0 spiro atoms. The van der Waals surface area contributed by atoms with Crippen molar-refractivity contribution in [3.8, 4) is 11.5 Å². The predicted octanol–water partition coefficient (Wildman–Crippen LogP) is 3.83. The number of rotatable bonds is 8. The zero-order chi connectivity index (χ0) is 18.9. The van der Waals surface area contributed by atoms with Gasteiger partial charge in [0, 0.05) is 30.9 Å². The average Bonchev–Trinajstić information content (AvgIpc) is 3.16. The number of nitrogens with zero attached hydrogens (tertiary/aromatic N) is 1. The first-order valence-electron chi connectivity index (χ1n) is 8.13. The Labute approximate surface area is 156 Å². The molecular formula is C18H23F2N3O2S. The lowest BCUT2D eigenvalue weighted by Crippen LogP contribution is -2.38. The molecule has 0 amide bonds. The van der Waals surface area contributed by atoms with E-state index < -0.39 is 6.61 Å². The zero-order valence-corrected chi connectivity index (χ0v) is 15.8. The summed E-state index contributed by atoms with van der Waals surface area (Å²) in [5, 5.41) is 8.49. The first kappa shape index (κ1) is 20.0. The van der Waals surface area contributed by atoms with E-state index in [1.54, 1.807) is 30.5 Å². The fraction of sp³-hybridized carbons (Fsp3) is 0.389. The summed E-state index contributed by atoms with van der Waals surface area (Å²) in [6, 6.07) is 9.05. The summed E-state index contributed by atoms with van der Waals surface area (Å²) in [6.07, 6.45) is 0. The normalized spacial score (nSPS) is 12.8. The molecule has 0 aliphatic rings. The molecule has 0 bridgehead atoms. The van der Waals surface area contributed by atoms with Crippen LogP contribution in [-0.4, -0.2) is 33.3 Å². The highest BCUT2D eigenvalue weighted by atomic mass is 32.1. The highest BCUT2D eigenvalue weighted by molar-refractivity contribution is 7.10. The lowest BCUT2D eigenvalue weighted by molar-refractivity contribution is -0.0512. The van der Waals surface area contributed by atoms with E-state index in [1.807, 2.05) is 6.07 Å². The van der Waals surface area contributed by atoms with Crippen molar-refractivity contribution in [1.29, 1.82) is 0 Å². The molecule has 1 heterocycles. The lowest BCUT2D eigenvalue weighted by Gasteiger charge is -2.16.